The number of pyridine rings is 1. The Morgan fingerprint density at radius 2 is 2.27 bits per heavy atom. The first-order chi connectivity index (χ1) is 6.36. The Hall–Kier alpha value is 0.144. The molecule has 0 N–H and O–H groups in total. The van der Waals surface area contributed by atoms with Gasteiger partial charge in [0.25, 0.3) is 0 Å². The van der Waals surface area contributed by atoms with Crippen molar-refractivity contribution in [3.8, 4) is 0 Å². The van der Waals surface area contributed by atoms with Crippen LogP contribution in [0, 0.1) is 20.1 Å². The van der Waals surface area contributed by atoms with Gasteiger partial charge >= 0.3 is 0 Å². The maximum atomic E-state index is 4.51. The van der Waals surface area contributed by atoms with Gasteiger partial charge in [0.15, 0.2) is 0 Å². The fourth-order valence-electron chi connectivity index (χ4n) is 1.77. The Balaban J connectivity index is 0.000000562. The minimum Gasteiger partial charge on any atom is -0.358 e. The molecule has 0 fully saturated rings. The average molecular weight is 293 g/mol. The third-order valence-corrected chi connectivity index (χ3v) is 3.28. The molecule has 3 heterocycles. The molecule has 0 unspecified atom stereocenters. The van der Waals surface area contributed by atoms with Crippen molar-refractivity contribution in [1.29, 1.82) is 0 Å². The van der Waals surface area contributed by atoms with E-state index in [4.69, 9.17) is 0 Å². The molecule has 0 saturated heterocycles. The van der Waals surface area contributed by atoms with Crippen LogP contribution in [0.25, 0.3) is 5.65 Å². The van der Waals surface area contributed by atoms with Gasteiger partial charge in [0.05, 0.1) is 5.69 Å². The summed E-state index contributed by atoms with van der Waals surface area (Å²) in [5.74, 6) is 2.23. The van der Waals surface area contributed by atoms with Gasteiger partial charge in [-0.3, -0.25) is 21.9 Å². The Morgan fingerprint density at radius 3 is 3.07 bits per heavy atom. The minimum atomic E-state index is 0. The third-order valence-electron chi connectivity index (χ3n) is 2.38. The first-order valence-electron chi connectivity index (χ1n) is 4.31. The summed E-state index contributed by atoms with van der Waals surface area (Å²) >= 11 is 1.79. The van der Waals surface area contributed by atoms with Crippen LogP contribution < -0.4 is 0 Å². The summed E-state index contributed by atoms with van der Waals surface area (Å²) in [6.45, 7) is 2.08. The fourth-order valence-corrected chi connectivity index (χ4v) is 2.65. The van der Waals surface area contributed by atoms with Gasteiger partial charge in [0, 0.05) is 43.4 Å². The second kappa shape index (κ2) is 4.98. The number of imidazole rings is 1. The quantitative estimate of drug-likeness (QED) is 0.695. The van der Waals surface area contributed by atoms with Crippen LogP contribution in [-0.4, -0.2) is 9.38 Å². The molecule has 0 amide bonds. The summed E-state index contributed by atoms with van der Waals surface area (Å²) in [7, 11) is 0. The first-order valence-corrected chi connectivity index (χ1v) is 5.19. The SMILES string of the molecule is Cc1nc2cccc3n2c1C[CH-]S3.[CH3-].[Y]. The predicted molar refractivity (Wildman–Crippen MR) is 60.2 cm³/mol. The fraction of sp³-hybridized carbons (Fsp3) is 0.182. The van der Waals surface area contributed by atoms with Gasteiger partial charge in [-0.1, -0.05) is 6.07 Å². The maximum absolute atomic E-state index is 4.51. The van der Waals surface area contributed by atoms with E-state index in [-0.39, 0.29) is 40.1 Å². The zero-order valence-corrected chi connectivity index (χ0v) is 12.6. The second-order valence-electron chi connectivity index (χ2n) is 3.19. The average Bonchev–Trinajstić information content (AvgIpc) is 2.47. The van der Waals surface area contributed by atoms with Crippen molar-refractivity contribution in [3.05, 3.63) is 42.8 Å². The van der Waals surface area contributed by atoms with Crippen LogP contribution in [0.3, 0.4) is 0 Å². The molecule has 0 aromatic carbocycles. The summed E-state index contributed by atoms with van der Waals surface area (Å²) in [6, 6.07) is 6.26. The van der Waals surface area contributed by atoms with Crippen molar-refractivity contribution in [2.75, 3.05) is 0 Å². The van der Waals surface area contributed by atoms with Gasteiger partial charge in [-0.25, -0.2) is 4.98 Å². The zero-order valence-electron chi connectivity index (χ0n) is 8.90. The first kappa shape index (κ1) is 13.2. The molecule has 0 bridgehead atoms. The molecule has 1 aliphatic heterocycles. The molecule has 1 aliphatic rings. The molecule has 2 aromatic heterocycles. The number of nitrogens with zero attached hydrogens (tertiary/aromatic N) is 2. The molecular formula is C11H12N2SY-2. The van der Waals surface area contributed by atoms with E-state index in [2.05, 4.69) is 40.3 Å². The molecule has 4 heteroatoms. The topological polar surface area (TPSA) is 17.3 Å². The number of aryl methyl sites for hydroxylation is 1. The van der Waals surface area contributed by atoms with Crippen LogP contribution in [0.2, 0.25) is 0 Å². The van der Waals surface area contributed by atoms with E-state index in [9.17, 15) is 0 Å². The molecule has 3 rings (SSSR count). The van der Waals surface area contributed by atoms with Gasteiger partial charge in [0.1, 0.15) is 5.65 Å². The Kier molecular flexibility index (Phi) is 4.39. The smallest absolute Gasteiger partial charge is 0.137 e. The summed E-state index contributed by atoms with van der Waals surface area (Å²) in [4.78, 5) is 4.51. The van der Waals surface area contributed by atoms with E-state index in [0.29, 0.717) is 0 Å². The molecule has 0 atom stereocenters. The van der Waals surface area contributed by atoms with Crippen molar-refractivity contribution in [2.24, 2.45) is 0 Å². The van der Waals surface area contributed by atoms with Gasteiger partial charge in [0.2, 0.25) is 0 Å². The molecule has 0 spiro atoms. The standard InChI is InChI=1S/C10H9N2S.CH3.Y/c1-7-8-5-6-13-10-4-2-3-9(11-7)12(8)10;;/h2-4,6H,5H2,1H3;1H3;/q2*-1;. The number of aromatic nitrogens is 2. The monoisotopic (exact) mass is 293 g/mol. The number of hydrogen-bond donors (Lipinski definition) is 0. The van der Waals surface area contributed by atoms with Crippen molar-refractivity contribution < 1.29 is 32.7 Å². The van der Waals surface area contributed by atoms with E-state index >= 15 is 0 Å². The summed E-state index contributed by atoms with van der Waals surface area (Å²) in [6.07, 6.45) is 1.02. The summed E-state index contributed by atoms with van der Waals surface area (Å²) in [5, 5.41) is 1.28. The van der Waals surface area contributed by atoms with Gasteiger partial charge in [-0.05, 0) is 19.1 Å². The molecule has 15 heavy (non-hydrogen) atoms. The minimum absolute atomic E-state index is 0. The van der Waals surface area contributed by atoms with Crippen LogP contribution in [0.1, 0.15) is 11.4 Å². The number of thioether (sulfide) groups is 1. The Labute approximate surface area is 120 Å². The molecule has 0 aliphatic carbocycles. The largest absolute Gasteiger partial charge is 0.358 e. The Morgan fingerprint density at radius 1 is 1.47 bits per heavy atom. The van der Waals surface area contributed by atoms with E-state index in [1.54, 1.807) is 11.8 Å². The summed E-state index contributed by atoms with van der Waals surface area (Å²) in [5.41, 5.74) is 3.57. The van der Waals surface area contributed by atoms with Gasteiger partial charge in [-0.2, -0.15) is 0 Å². The number of hydrogen-bond acceptors (Lipinski definition) is 2. The number of rotatable bonds is 0. The zero-order chi connectivity index (χ0) is 8.84. The van der Waals surface area contributed by atoms with Crippen molar-refractivity contribution in [1.82, 2.24) is 9.38 Å². The molecule has 2 nitrogen and oxygen atoms in total. The summed E-state index contributed by atoms with van der Waals surface area (Å²) < 4.78 is 2.25. The van der Waals surface area contributed by atoms with E-state index in [1.807, 2.05) is 0 Å². The van der Waals surface area contributed by atoms with Crippen molar-refractivity contribution >= 4 is 17.4 Å². The Bertz CT molecular complexity index is 479. The van der Waals surface area contributed by atoms with Crippen LogP contribution in [-0.2, 0) is 39.1 Å². The molecule has 77 valence electrons. The van der Waals surface area contributed by atoms with Crippen molar-refractivity contribution in [3.63, 3.8) is 0 Å². The van der Waals surface area contributed by atoms with Crippen LogP contribution >= 0.6 is 11.8 Å². The maximum Gasteiger partial charge on any atom is 0.137 e. The molecule has 1 radical (unpaired) electrons. The van der Waals surface area contributed by atoms with Gasteiger partial charge in [-0.15, -0.1) is 6.42 Å². The van der Waals surface area contributed by atoms with Crippen LogP contribution in [0.5, 0.6) is 0 Å². The normalized spacial score (nSPS) is 13.1. The van der Waals surface area contributed by atoms with E-state index < -0.39 is 0 Å². The van der Waals surface area contributed by atoms with Crippen LogP contribution in [0.4, 0.5) is 0 Å². The van der Waals surface area contributed by atoms with Gasteiger partial charge < -0.3 is 7.43 Å². The van der Waals surface area contributed by atoms with E-state index in [0.717, 1.165) is 17.8 Å². The van der Waals surface area contributed by atoms with Crippen molar-refractivity contribution in [2.45, 2.75) is 18.4 Å². The predicted octanol–water partition coefficient (Wildman–Crippen LogP) is 2.90. The third kappa shape index (κ3) is 2.02. The molecule has 2 aromatic rings. The van der Waals surface area contributed by atoms with Crippen LogP contribution in [0.15, 0.2) is 23.2 Å². The molecular weight excluding hydrogens is 281 g/mol. The molecule has 0 saturated carbocycles. The van der Waals surface area contributed by atoms with E-state index in [1.165, 1.54) is 10.7 Å². The second-order valence-corrected chi connectivity index (χ2v) is 4.18.